The Morgan fingerprint density at radius 2 is 1.79 bits per heavy atom. The molecule has 0 N–H and O–H groups in total. The third kappa shape index (κ3) is 5.62. The third-order valence-corrected chi connectivity index (χ3v) is 8.17. The summed E-state index contributed by atoms with van der Waals surface area (Å²) < 4.78 is 32.4. The van der Waals surface area contributed by atoms with Gasteiger partial charge in [-0.05, 0) is 43.2 Å². The van der Waals surface area contributed by atoms with E-state index in [9.17, 15) is 8.42 Å². The van der Waals surface area contributed by atoms with Crippen molar-refractivity contribution in [2.45, 2.75) is 44.6 Å². The zero-order valence-corrected chi connectivity index (χ0v) is 16.5. The fourth-order valence-electron chi connectivity index (χ4n) is 2.59. The molecule has 7 heteroatoms. The summed E-state index contributed by atoms with van der Waals surface area (Å²) in [6.07, 6.45) is 1.43. The number of hydrogen-bond acceptors (Lipinski definition) is 4. The molecule has 5 nitrogen and oxygen atoms in total. The normalized spacial score (nSPS) is 17.4. The van der Waals surface area contributed by atoms with Gasteiger partial charge < -0.3 is 4.74 Å². The molecule has 1 aliphatic rings. The summed E-state index contributed by atoms with van der Waals surface area (Å²) in [5.41, 5.74) is 0.602. The van der Waals surface area contributed by atoms with E-state index < -0.39 is 18.1 Å². The number of ether oxygens (including phenoxy) is 1. The smallest absolute Gasteiger partial charge is 0.213 e. The molecule has 24 heavy (non-hydrogen) atoms. The van der Waals surface area contributed by atoms with Gasteiger partial charge in [0.05, 0.1) is 17.4 Å². The summed E-state index contributed by atoms with van der Waals surface area (Å²) in [5, 5.41) is 8.80. The second-order valence-electron chi connectivity index (χ2n) is 7.48. The van der Waals surface area contributed by atoms with Crippen LogP contribution in [0.1, 0.15) is 18.4 Å². The largest absolute Gasteiger partial charge is 0.490 e. The molecule has 0 saturated carbocycles. The van der Waals surface area contributed by atoms with Crippen LogP contribution in [0.5, 0.6) is 5.75 Å². The Bertz CT molecular complexity index is 682. The molecule has 0 amide bonds. The van der Waals surface area contributed by atoms with Crippen LogP contribution in [0.3, 0.4) is 0 Å². The van der Waals surface area contributed by atoms with E-state index in [4.69, 9.17) is 10.00 Å². The predicted octanol–water partition coefficient (Wildman–Crippen LogP) is 3.07. The van der Waals surface area contributed by atoms with Crippen molar-refractivity contribution in [3.05, 3.63) is 29.8 Å². The SMILES string of the molecule is C[Si](C)(C)CCS(=O)(=O)N1CCC(Oc2ccc(C#N)cc2)CC1. The van der Waals surface area contributed by atoms with E-state index in [-0.39, 0.29) is 11.9 Å². The highest BCUT2D eigenvalue weighted by Crippen LogP contribution is 2.22. The highest BCUT2D eigenvalue weighted by molar-refractivity contribution is 7.89. The summed E-state index contributed by atoms with van der Waals surface area (Å²) in [5.74, 6) is 0.998. The van der Waals surface area contributed by atoms with E-state index in [1.165, 1.54) is 0 Å². The Kier molecular flexibility index (Phi) is 6.07. The first-order valence-corrected chi connectivity index (χ1v) is 13.7. The lowest BCUT2D eigenvalue weighted by Crippen LogP contribution is -2.43. The molecule has 1 aromatic rings. The van der Waals surface area contributed by atoms with Crippen LogP contribution in [0, 0.1) is 11.3 Å². The minimum absolute atomic E-state index is 0.0291. The Balaban J connectivity index is 1.85. The van der Waals surface area contributed by atoms with Gasteiger partial charge in [-0.25, -0.2) is 12.7 Å². The maximum absolute atomic E-state index is 12.4. The molecule has 1 saturated heterocycles. The fraction of sp³-hybridized carbons (Fsp3) is 0.588. The fourth-order valence-corrected chi connectivity index (χ4v) is 7.10. The molecular weight excluding hydrogens is 340 g/mol. The van der Waals surface area contributed by atoms with Crippen LogP contribution in [-0.4, -0.2) is 45.7 Å². The first-order valence-electron chi connectivity index (χ1n) is 8.34. The molecule has 0 unspecified atom stereocenters. The van der Waals surface area contributed by atoms with Gasteiger partial charge in [0, 0.05) is 21.2 Å². The van der Waals surface area contributed by atoms with E-state index in [2.05, 4.69) is 25.7 Å². The van der Waals surface area contributed by atoms with Crippen molar-refractivity contribution >= 4 is 18.1 Å². The molecule has 1 aliphatic heterocycles. The monoisotopic (exact) mass is 366 g/mol. The topological polar surface area (TPSA) is 70.4 Å². The quantitative estimate of drug-likeness (QED) is 0.726. The zero-order chi connectivity index (χ0) is 17.8. The summed E-state index contributed by atoms with van der Waals surface area (Å²) in [4.78, 5) is 0. The first kappa shape index (κ1) is 19.0. The molecule has 0 spiro atoms. The summed E-state index contributed by atoms with van der Waals surface area (Å²) in [6.45, 7) is 7.63. The molecule has 1 fully saturated rings. The molecule has 0 radical (unpaired) electrons. The molecule has 2 rings (SSSR count). The number of benzene rings is 1. The van der Waals surface area contributed by atoms with Crippen molar-refractivity contribution in [3.63, 3.8) is 0 Å². The minimum Gasteiger partial charge on any atom is -0.490 e. The molecule has 0 atom stereocenters. The van der Waals surface area contributed by atoms with Crippen LogP contribution in [0.2, 0.25) is 25.7 Å². The highest BCUT2D eigenvalue weighted by atomic mass is 32.2. The Labute approximate surface area is 146 Å². The Morgan fingerprint density at radius 1 is 1.21 bits per heavy atom. The van der Waals surface area contributed by atoms with Gasteiger partial charge >= 0.3 is 0 Å². The number of rotatable bonds is 6. The molecule has 132 valence electrons. The predicted molar refractivity (Wildman–Crippen MR) is 98.3 cm³/mol. The van der Waals surface area contributed by atoms with Crippen molar-refractivity contribution in [2.75, 3.05) is 18.8 Å². The Morgan fingerprint density at radius 3 is 2.29 bits per heavy atom. The van der Waals surface area contributed by atoms with E-state index >= 15 is 0 Å². The molecule has 0 aromatic heterocycles. The van der Waals surface area contributed by atoms with Gasteiger partial charge in [0.25, 0.3) is 0 Å². The Hall–Kier alpha value is -1.36. The number of piperidine rings is 1. The first-order chi connectivity index (χ1) is 11.2. The van der Waals surface area contributed by atoms with Crippen LogP contribution >= 0.6 is 0 Å². The number of nitriles is 1. The van der Waals surface area contributed by atoms with Crippen LogP contribution in [0.15, 0.2) is 24.3 Å². The van der Waals surface area contributed by atoms with Crippen molar-refractivity contribution in [3.8, 4) is 11.8 Å². The lowest BCUT2D eigenvalue weighted by atomic mass is 10.1. The molecule has 0 aliphatic carbocycles. The molecule has 0 bridgehead atoms. The van der Waals surface area contributed by atoms with Gasteiger partial charge in [-0.15, -0.1) is 0 Å². The van der Waals surface area contributed by atoms with E-state index in [0.717, 1.165) is 11.8 Å². The van der Waals surface area contributed by atoms with E-state index in [0.29, 0.717) is 31.5 Å². The van der Waals surface area contributed by atoms with Gasteiger partial charge in [0.15, 0.2) is 0 Å². The number of hydrogen-bond donors (Lipinski definition) is 0. The standard InChI is InChI=1S/C17H26N2O3SSi/c1-24(2,3)13-12-23(20,21)19-10-8-17(9-11-19)22-16-6-4-15(14-18)5-7-16/h4-7,17H,8-13H2,1-3H3. The second kappa shape index (κ2) is 7.68. The van der Waals surface area contributed by atoms with Crippen molar-refractivity contribution < 1.29 is 13.2 Å². The summed E-state index contributed by atoms with van der Waals surface area (Å²) in [6, 6.07) is 9.91. The maximum Gasteiger partial charge on any atom is 0.213 e. The summed E-state index contributed by atoms with van der Waals surface area (Å²) >= 11 is 0. The van der Waals surface area contributed by atoms with Gasteiger partial charge in [-0.1, -0.05) is 19.6 Å². The second-order valence-corrected chi connectivity index (χ2v) is 15.2. The van der Waals surface area contributed by atoms with Crippen LogP contribution in [0.25, 0.3) is 0 Å². The van der Waals surface area contributed by atoms with Crippen LogP contribution in [-0.2, 0) is 10.0 Å². The van der Waals surface area contributed by atoms with Gasteiger partial charge in [0.2, 0.25) is 10.0 Å². The van der Waals surface area contributed by atoms with Gasteiger partial charge in [0.1, 0.15) is 11.9 Å². The number of nitrogens with zero attached hydrogens (tertiary/aromatic N) is 2. The number of sulfonamides is 1. The maximum atomic E-state index is 12.4. The average Bonchev–Trinajstić information content (AvgIpc) is 2.54. The van der Waals surface area contributed by atoms with Gasteiger partial charge in [-0.3, -0.25) is 0 Å². The van der Waals surface area contributed by atoms with Crippen molar-refractivity contribution in [1.82, 2.24) is 4.31 Å². The van der Waals surface area contributed by atoms with E-state index in [1.807, 2.05) is 0 Å². The van der Waals surface area contributed by atoms with Gasteiger partial charge in [-0.2, -0.15) is 5.26 Å². The lowest BCUT2D eigenvalue weighted by Gasteiger charge is -2.32. The van der Waals surface area contributed by atoms with Crippen molar-refractivity contribution in [1.29, 1.82) is 5.26 Å². The minimum atomic E-state index is -3.15. The molecule has 1 aromatic carbocycles. The summed E-state index contributed by atoms with van der Waals surface area (Å²) in [7, 11) is -4.50. The zero-order valence-electron chi connectivity index (χ0n) is 14.7. The lowest BCUT2D eigenvalue weighted by molar-refractivity contribution is 0.135. The average molecular weight is 367 g/mol. The van der Waals surface area contributed by atoms with E-state index in [1.54, 1.807) is 28.6 Å². The van der Waals surface area contributed by atoms with Crippen LogP contribution < -0.4 is 4.74 Å². The highest BCUT2D eigenvalue weighted by Gasteiger charge is 2.30. The van der Waals surface area contributed by atoms with Crippen molar-refractivity contribution in [2.24, 2.45) is 0 Å². The molecule has 1 heterocycles. The molecular formula is C17H26N2O3SSi. The van der Waals surface area contributed by atoms with Crippen LogP contribution in [0.4, 0.5) is 0 Å². The third-order valence-electron chi connectivity index (χ3n) is 4.19.